The van der Waals surface area contributed by atoms with Crippen molar-refractivity contribution in [1.82, 2.24) is 10.6 Å². The summed E-state index contributed by atoms with van der Waals surface area (Å²) in [6.07, 6.45) is -5.50. The number of urea groups is 1. The van der Waals surface area contributed by atoms with E-state index in [1.807, 2.05) is 0 Å². The van der Waals surface area contributed by atoms with E-state index in [0.29, 0.717) is 25.4 Å². The molecule has 23 heavy (non-hydrogen) atoms. The van der Waals surface area contributed by atoms with E-state index in [9.17, 15) is 18.0 Å². The molecule has 128 valence electrons. The van der Waals surface area contributed by atoms with Gasteiger partial charge in [-0.15, -0.1) is 0 Å². The van der Waals surface area contributed by atoms with Crippen LogP contribution < -0.4 is 10.6 Å². The van der Waals surface area contributed by atoms with Gasteiger partial charge in [-0.3, -0.25) is 0 Å². The van der Waals surface area contributed by atoms with Gasteiger partial charge in [0.15, 0.2) is 0 Å². The number of halogens is 3. The van der Waals surface area contributed by atoms with Gasteiger partial charge >= 0.3 is 12.2 Å². The number of alkyl halides is 3. The Morgan fingerprint density at radius 2 is 1.91 bits per heavy atom. The first kappa shape index (κ1) is 17.6. The number of rotatable bonds is 5. The molecule has 1 fully saturated rings. The van der Waals surface area contributed by atoms with Crippen LogP contribution in [-0.2, 0) is 22.4 Å². The van der Waals surface area contributed by atoms with Crippen LogP contribution in [0.5, 0.6) is 0 Å². The Bertz CT molecular complexity index is 517. The predicted molar refractivity (Wildman–Crippen MR) is 77.0 cm³/mol. The lowest BCUT2D eigenvalue weighted by atomic mass is 10.0. The van der Waals surface area contributed by atoms with Gasteiger partial charge in [0, 0.05) is 13.1 Å². The molecule has 1 unspecified atom stereocenters. The van der Waals surface area contributed by atoms with Crippen molar-refractivity contribution in [2.24, 2.45) is 0 Å². The zero-order valence-electron chi connectivity index (χ0n) is 12.5. The van der Waals surface area contributed by atoms with Gasteiger partial charge in [0.2, 0.25) is 0 Å². The summed E-state index contributed by atoms with van der Waals surface area (Å²) in [5, 5.41) is 5.16. The highest BCUT2D eigenvalue weighted by Crippen LogP contribution is 2.23. The van der Waals surface area contributed by atoms with E-state index in [-0.39, 0.29) is 24.8 Å². The molecule has 8 heteroatoms. The molecule has 0 saturated carbocycles. The minimum absolute atomic E-state index is 0.0279. The van der Waals surface area contributed by atoms with Gasteiger partial charge in [0.25, 0.3) is 0 Å². The first-order valence-corrected chi connectivity index (χ1v) is 7.28. The summed E-state index contributed by atoms with van der Waals surface area (Å²) in [4.78, 5) is 11.7. The number of carbonyl (C=O) groups is 1. The normalized spacial score (nSPS) is 18.5. The number of carbonyl (C=O) groups excluding carboxylic acids is 1. The average molecular weight is 332 g/mol. The molecule has 1 saturated heterocycles. The fraction of sp³-hybridized carbons (Fsp3) is 0.533. The number of ether oxygens (including phenoxy) is 2. The molecule has 1 aliphatic heterocycles. The first-order valence-electron chi connectivity index (χ1n) is 7.28. The fourth-order valence-corrected chi connectivity index (χ4v) is 2.22. The number of hydrogen-bond donors (Lipinski definition) is 2. The van der Waals surface area contributed by atoms with Crippen molar-refractivity contribution in [3.8, 4) is 0 Å². The van der Waals surface area contributed by atoms with Crippen LogP contribution in [-0.4, -0.2) is 44.7 Å². The zero-order valence-corrected chi connectivity index (χ0v) is 12.5. The van der Waals surface area contributed by atoms with E-state index in [2.05, 4.69) is 10.6 Å². The molecule has 1 aliphatic rings. The zero-order chi connectivity index (χ0) is 16.7. The van der Waals surface area contributed by atoms with Gasteiger partial charge in [-0.05, 0) is 11.1 Å². The van der Waals surface area contributed by atoms with Crippen molar-refractivity contribution in [3.05, 3.63) is 35.4 Å². The summed E-state index contributed by atoms with van der Waals surface area (Å²) >= 11 is 0. The van der Waals surface area contributed by atoms with Crippen molar-refractivity contribution in [2.45, 2.75) is 25.2 Å². The molecule has 1 aromatic carbocycles. The number of benzene rings is 1. The maximum absolute atomic E-state index is 12.5. The van der Waals surface area contributed by atoms with Crippen LogP contribution in [0.4, 0.5) is 18.0 Å². The van der Waals surface area contributed by atoms with Crippen molar-refractivity contribution >= 4 is 6.03 Å². The maximum Gasteiger partial charge on any atom is 0.393 e. The summed E-state index contributed by atoms with van der Waals surface area (Å²) < 4.78 is 48.1. The highest BCUT2D eigenvalue weighted by Gasteiger charge is 2.28. The second kappa shape index (κ2) is 8.16. The van der Waals surface area contributed by atoms with E-state index in [1.165, 1.54) is 6.07 Å². The van der Waals surface area contributed by atoms with Gasteiger partial charge in [0.05, 0.1) is 32.3 Å². The minimum Gasteiger partial charge on any atom is -0.376 e. The summed E-state index contributed by atoms with van der Waals surface area (Å²) in [7, 11) is 0. The maximum atomic E-state index is 12.5. The molecule has 2 N–H and O–H groups in total. The second-order valence-electron chi connectivity index (χ2n) is 5.19. The summed E-state index contributed by atoms with van der Waals surface area (Å²) in [5.41, 5.74) is 0.599. The third-order valence-corrected chi connectivity index (χ3v) is 3.32. The Kier molecular flexibility index (Phi) is 6.23. The highest BCUT2D eigenvalue weighted by molar-refractivity contribution is 5.73. The predicted octanol–water partition coefficient (Wildman–Crippen LogP) is 2.01. The van der Waals surface area contributed by atoms with Gasteiger partial charge in [-0.2, -0.15) is 13.2 Å². The van der Waals surface area contributed by atoms with Gasteiger partial charge in [0.1, 0.15) is 0 Å². The molecule has 1 atom stereocenters. The Morgan fingerprint density at radius 3 is 2.57 bits per heavy atom. The lowest BCUT2D eigenvalue weighted by Gasteiger charge is -2.23. The topological polar surface area (TPSA) is 59.6 Å². The highest BCUT2D eigenvalue weighted by atomic mass is 19.4. The largest absolute Gasteiger partial charge is 0.393 e. The average Bonchev–Trinajstić information content (AvgIpc) is 2.51. The molecular formula is C15H19F3N2O3. The van der Waals surface area contributed by atoms with E-state index >= 15 is 0 Å². The van der Waals surface area contributed by atoms with Crippen molar-refractivity contribution in [3.63, 3.8) is 0 Å². The SMILES string of the molecule is O=C(NCc1ccccc1CC(F)(F)F)NCC1COCCO1. The summed E-state index contributed by atoms with van der Waals surface area (Å²) in [5.74, 6) is 0. The molecule has 0 radical (unpaired) electrons. The van der Waals surface area contributed by atoms with Gasteiger partial charge < -0.3 is 20.1 Å². The fourth-order valence-electron chi connectivity index (χ4n) is 2.22. The van der Waals surface area contributed by atoms with E-state index in [0.717, 1.165) is 0 Å². The minimum atomic E-state index is -4.28. The third kappa shape index (κ3) is 6.45. The second-order valence-corrected chi connectivity index (χ2v) is 5.19. The van der Waals surface area contributed by atoms with Crippen LogP contribution in [0.1, 0.15) is 11.1 Å². The molecule has 1 heterocycles. The van der Waals surface area contributed by atoms with Crippen LogP contribution in [0.15, 0.2) is 24.3 Å². The summed E-state index contributed by atoms with van der Waals surface area (Å²) in [6, 6.07) is 5.71. The molecule has 0 bridgehead atoms. The van der Waals surface area contributed by atoms with Gasteiger partial charge in [-0.25, -0.2) is 4.79 Å². The molecule has 2 amide bonds. The van der Waals surface area contributed by atoms with E-state index < -0.39 is 18.6 Å². The van der Waals surface area contributed by atoms with E-state index in [1.54, 1.807) is 18.2 Å². The van der Waals surface area contributed by atoms with Crippen LogP contribution in [0.2, 0.25) is 0 Å². The Balaban J connectivity index is 1.79. The van der Waals surface area contributed by atoms with Crippen molar-refractivity contribution in [1.29, 1.82) is 0 Å². The Morgan fingerprint density at radius 1 is 1.17 bits per heavy atom. The molecule has 2 rings (SSSR count). The van der Waals surface area contributed by atoms with Crippen molar-refractivity contribution < 1.29 is 27.4 Å². The molecule has 5 nitrogen and oxygen atoms in total. The molecule has 1 aromatic rings. The number of hydrogen-bond acceptors (Lipinski definition) is 3. The Hall–Kier alpha value is -1.80. The van der Waals surface area contributed by atoms with Crippen molar-refractivity contribution in [2.75, 3.05) is 26.4 Å². The summed E-state index contributed by atoms with van der Waals surface area (Å²) in [6.45, 7) is 1.75. The van der Waals surface area contributed by atoms with Crippen LogP contribution >= 0.6 is 0 Å². The standard InChI is InChI=1S/C15H19F3N2O3/c16-15(17,18)7-11-3-1-2-4-12(11)8-19-14(21)20-9-13-10-22-5-6-23-13/h1-4,13H,5-10H2,(H2,19,20,21). The van der Waals surface area contributed by atoms with Crippen LogP contribution in [0.25, 0.3) is 0 Å². The quantitative estimate of drug-likeness (QED) is 0.867. The lowest BCUT2D eigenvalue weighted by molar-refractivity contribution is -0.127. The smallest absolute Gasteiger partial charge is 0.376 e. The molecular weight excluding hydrogens is 313 g/mol. The van der Waals surface area contributed by atoms with E-state index in [4.69, 9.17) is 9.47 Å². The lowest BCUT2D eigenvalue weighted by Crippen LogP contribution is -2.43. The molecule has 0 aromatic heterocycles. The molecule has 0 aliphatic carbocycles. The monoisotopic (exact) mass is 332 g/mol. The Labute approximate surface area is 132 Å². The van der Waals surface area contributed by atoms with Gasteiger partial charge in [-0.1, -0.05) is 24.3 Å². The number of amides is 2. The van der Waals surface area contributed by atoms with Crippen LogP contribution in [0, 0.1) is 0 Å². The third-order valence-electron chi connectivity index (χ3n) is 3.32. The molecule has 0 spiro atoms. The van der Waals surface area contributed by atoms with Crippen LogP contribution in [0.3, 0.4) is 0 Å². The first-order chi connectivity index (χ1) is 10.9. The number of nitrogens with one attached hydrogen (secondary N) is 2.